The van der Waals surface area contributed by atoms with E-state index in [0.717, 1.165) is 18.2 Å². The van der Waals surface area contributed by atoms with E-state index in [-0.39, 0.29) is 43.8 Å². The lowest BCUT2D eigenvalue weighted by molar-refractivity contribution is -0.141. The van der Waals surface area contributed by atoms with Gasteiger partial charge >= 0.3 is 0 Å². The lowest BCUT2D eigenvalue weighted by Crippen LogP contribution is -2.50. The minimum atomic E-state index is -3.62. The zero-order valence-corrected chi connectivity index (χ0v) is 23.8. The van der Waals surface area contributed by atoms with E-state index < -0.39 is 16.1 Å². The van der Waals surface area contributed by atoms with Crippen LogP contribution in [0.25, 0.3) is 0 Å². The van der Waals surface area contributed by atoms with Crippen LogP contribution < -0.4 is 14.4 Å². The summed E-state index contributed by atoms with van der Waals surface area (Å²) in [7, 11) is -2.14. The molecule has 0 saturated heterocycles. The molecule has 2 amide bonds. The molecule has 2 aromatic carbocycles. The zero-order valence-electron chi connectivity index (χ0n) is 22.2. The molecule has 0 aromatic heterocycles. The molecule has 0 heterocycles. The van der Waals surface area contributed by atoms with Gasteiger partial charge in [-0.05, 0) is 56.0 Å². The molecule has 2 rings (SSSR count). The van der Waals surface area contributed by atoms with E-state index in [1.807, 2.05) is 32.9 Å². The van der Waals surface area contributed by atoms with Gasteiger partial charge in [0.25, 0.3) is 0 Å². The van der Waals surface area contributed by atoms with Gasteiger partial charge in [0, 0.05) is 30.6 Å². The molecule has 0 unspecified atom stereocenters. The molecule has 0 spiro atoms. The summed E-state index contributed by atoms with van der Waals surface area (Å²) in [4.78, 5) is 28.1. The van der Waals surface area contributed by atoms with Crippen molar-refractivity contribution in [3.63, 3.8) is 0 Å². The fourth-order valence-electron chi connectivity index (χ4n) is 3.97. The standard InChI is InChI=1S/C27H38ClN3O5S/c1-6-20(3)29-27(33)23(7-2)30(19-21-14-16-22(28)17-15-21)26(32)13-10-18-31(37(5,34)35)24-11-8-9-12-25(24)36-4/h8-9,11-12,14-17,20,23H,6-7,10,13,18-19H2,1-5H3,(H,29,33)/t20-,23+/m1/s1. The quantitative estimate of drug-likeness (QED) is 0.370. The second kappa shape index (κ2) is 14.2. The Balaban J connectivity index is 2.24. The third kappa shape index (κ3) is 8.93. The van der Waals surface area contributed by atoms with Gasteiger partial charge in [0.2, 0.25) is 21.8 Å². The van der Waals surface area contributed by atoms with E-state index in [1.165, 1.54) is 11.4 Å². The molecule has 0 aliphatic carbocycles. The Kier molecular flexibility index (Phi) is 11.7. The third-order valence-corrected chi connectivity index (χ3v) is 7.59. The molecule has 8 nitrogen and oxygen atoms in total. The molecule has 10 heteroatoms. The molecule has 0 radical (unpaired) electrons. The average molecular weight is 552 g/mol. The van der Waals surface area contributed by atoms with E-state index in [4.69, 9.17) is 16.3 Å². The Bertz CT molecular complexity index is 1140. The van der Waals surface area contributed by atoms with Gasteiger partial charge < -0.3 is 15.0 Å². The molecular weight excluding hydrogens is 514 g/mol. The highest BCUT2D eigenvalue weighted by Gasteiger charge is 2.29. The van der Waals surface area contributed by atoms with E-state index in [9.17, 15) is 18.0 Å². The maximum Gasteiger partial charge on any atom is 0.243 e. The van der Waals surface area contributed by atoms with Crippen molar-refractivity contribution in [3.05, 3.63) is 59.1 Å². The summed E-state index contributed by atoms with van der Waals surface area (Å²) in [5.74, 6) is -0.00287. The Morgan fingerprint density at radius 1 is 1.05 bits per heavy atom. The molecule has 2 atom stereocenters. The summed E-state index contributed by atoms with van der Waals surface area (Å²) in [5.41, 5.74) is 1.26. The molecule has 0 aliphatic heterocycles. The highest BCUT2D eigenvalue weighted by Crippen LogP contribution is 2.30. The van der Waals surface area contributed by atoms with Crippen molar-refractivity contribution < 1.29 is 22.7 Å². The molecule has 0 bridgehead atoms. The number of hydrogen-bond donors (Lipinski definition) is 1. The van der Waals surface area contributed by atoms with Crippen molar-refractivity contribution in [1.29, 1.82) is 0 Å². The number of nitrogens with zero attached hydrogens (tertiary/aromatic N) is 2. The number of carbonyl (C=O) groups is 2. The molecule has 204 valence electrons. The van der Waals surface area contributed by atoms with E-state index in [1.54, 1.807) is 41.3 Å². The van der Waals surface area contributed by atoms with E-state index in [2.05, 4.69) is 5.32 Å². The van der Waals surface area contributed by atoms with Gasteiger partial charge in [-0.1, -0.05) is 49.7 Å². The first-order chi connectivity index (χ1) is 17.5. The summed E-state index contributed by atoms with van der Waals surface area (Å²) >= 11 is 6.02. The molecule has 37 heavy (non-hydrogen) atoms. The second-order valence-electron chi connectivity index (χ2n) is 9.00. The fraction of sp³-hybridized carbons (Fsp3) is 0.481. The summed E-state index contributed by atoms with van der Waals surface area (Å²) in [5, 5.41) is 3.57. The maximum atomic E-state index is 13.5. The van der Waals surface area contributed by atoms with Crippen LogP contribution in [0.5, 0.6) is 5.75 Å². The van der Waals surface area contributed by atoms with Gasteiger partial charge in [-0.15, -0.1) is 0 Å². The SMILES string of the molecule is CC[C@@H](C)NC(=O)[C@H](CC)N(Cc1ccc(Cl)cc1)C(=O)CCCN(c1ccccc1OC)S(C)(=O)=O. The van der Waals surface area contributed by atoms with Crippen molar-refractivity contribution in [3.8, 4) is 5.75 Å². The number of methoxy groups -OCH3 is 1. The third-order valence-electron chi connectivity index (χ3n) is 6.16. The second-order valence-corrected chi connectivity index (χ2v) is 11.3. The largest absolute Gasteiger partial charge is 0.495 e. The number of amides is 2. The van der Waals surface area contributed by atoms with Crippen LogP contribution in [0.3, 0.4) is 0 Å². The van der Waals surface area contributed by atoms with Crippen molar-refractivity contribution in [2.45, 2.75) is 65.1 Å². The first-order valence-corrected chi connectivity index (χ1v) is 14.7. The molecule has 1 N–H and O–H groups in total. The number of hydrogen-bond acceptors (Lipinski definition) is 5. The number of nitrogens with one attached hydrogen (secondary N) is 1. The highest BCUT2D eigenvalue weighted by molar-refractivity contribution is 7.92. The molecule has 0 saturated carbocycles. The topological polar surface area (TPSA) is 96.0 Å². The highest BCUT2D eigenvalue weighted by atomic mass is 35.5. The number of halogens is 1. The van der Waals surface area contributed by atoms with Crippen molar-refractivity contribution in [1.82, 2.24) is 10.2 Å². The number of rotatable bonds is 14. The number of para-hydroxylation sites is 2. The Morgan fingerprint density at radius 2 is 1.70 bits per heavy atom. The van der Waals surface area contributed by atoms with Crippen LogP contribution in [0.1, 0.15) is 52.0 Å². The normalized spacial score (nSPS) is 12.9. The average Bonchev–Trinajstić information content (AvgIpc) is 2.86. The van der Waals surface area contributed by atoms with Gasteiger partial charge in [-0.25, -0.2) is 8.42 Å². The van der Waals surface area contributed by atoms with E-state index >= 15 is 0 Å². The van der Waals surface area contributed by atoms with Gasteiger partial charge in [-0.2, -0.15) is 0 Å². The summed E-state index contributed by atoms with van der Waals surface area (Å²) < 4.78 is 31.7. The number of anilines is 1. The number of sulfonamides is 1. The van der Waals surface area contributed by atoms with Crippen LogP contribution in [0.2, 0.25) is 5.02 Å². The van der Waals surface area contributed by atoms with Gasteiger partial charge in [0.05, 0.1) is 19.1 Å². The van der Waals surface area contributed by atoms with Crippen LogP contribution in [0.4, 0.5) is 5.69 Å². The Hall–Kier alpha value is -2.78. The van der Waals surface area contributed by atoms with Crippen molar-refractivity contribution >= 4 is 39.1 Å². The van der Waals surface area contributed by atoms with Crippen LogP contribution in [-0.4, -0.2) is 57.1 Å². The van der Waals surface area contributed by atoms with Gasteiger partial charge in [0.15, 0.2) is 0 Å². The molecule has 2 aromatic rings. The van der Waals surface area contributed by atoms with Crippen LogP contribution >= 0.6 is 11.6 Å². The first kappa shape index (κ1) is 30.4. The van der Waals surface area contributed by atoms with Gasteiger partial charge in [-0.3, -0.25) is 13.9 Å². The fourth-order valence-corrected chi connectivity index (χ4v) is 5.06. The maximum absolute atomic E-state index is 13.5. The lowest BCUT2D eigenvalue weighted by Gasteiger charge is -2.32. The Labute approximate surface area is 226 Å². The number of carbonyl (C=O) groups excluding carboxylic acids is 2. The summed E-state index contributed by atoms with van der Waals surface area (Å²) in [6.45, 7) is 6.11. The monoisotopic (exact) mass is 551 g/mol. The number of benzene rings is 2. The molecule has 0 fully saturated rings. The van der Waals surface area contributed by atoms with Crippen LogP contribution in [0.15, 0.2) is 48.5 Å². The first-order valence-electron chi connectivity index (χ1n) is 12.5. The predicted molar refractivity (Wildman–Crippen MR) is 148 cm³/mol. The summed E-state index contributed by atoms with van der Waals surface area (Å²) in [6, 6.07) is 13.3. The van der Waals surface area contributed by atoms with Crippen LogP contribution in [0, 0.1) is 0 Å². The molecular formula is C27H38ClN3O5S. The minimum absolute atomic E-state index is 0.0156. The summed E-state index contributed by atoms with van der Waals surface area (Å²) in [6.07, 6.45) is 2.68. The Morgan fingerprint density at radius 3 is 2.27 bits per heavy atom. The van der Waals surface area contributed by atoms with E-state index in [0.29, 0.717) is 22.9 Å². The molecule has 0 aliphatic rings. The minimum Gasteiger partial charge on any atom is -0.495 e. The van der Waals surface area contributed by atoms with Gasteiger partial charge in [0.1, 0.15) is 11.8 Å². The predicted octanol–water partition coefficient (Wildman–Crippen LogP) is 4.62. The van der Waals surface area contributed by atoms with Crippen molar-refractivity contribution in [2.75, 3.05) is 24.2 Å². The smallest absolute Gasteiger partial charge is 0.243 e. The number of ether oxygens (including phenoxy) is 1. The zero-order chi connectivity index (χ0) is 27.6. The van der Waals surface area contributed by atoms with Crippen LogP contribution in [-0.2, 0) is 26.2 Å². The van der Waals surface area contributed by atoms with Crippen molar-refractivity contribution in [2.24, 2.45) is 0 Å². The lowest BCUT2D eigenvalue weighted by atomic mass is 10.1.